The smallest absolute Gasteiger partial charge is 0.407 e. The molecule has 0 radical (unpaired) electrons. The Balaban J connectivity index is 2.10. The van der Waals surface area contributed by atoms with E-state index in [-0.39, 0.29) is 11.2 Å². The molecule has 2 rings (SSSR count). The maximum Gasteiger partial charge on any atom is 0.496 e. The molecule has 0 spiro atoms. The molecular formula is C14H20BFO2. The number of rotatable bonds is 3. The maximum absolute atomic E-state index is 14.0. The Morgan fingerprint density at radius 1 is 1.28 bits per heavy atom. The van der Waals surface area contributed by atoms with Gasteiger partial charge < -0.3 is 9.31 Å². The second-order valence-corrected chi connectivity index (χ2v) is 5.72. The Labute approximate surface area is 109 Å². The average molecular weight is 250 g/mol. The van der Waals surface area contributed by atoms with E-state index < -0.39 is 7.12 Å². The third-order valence-electron chi connectivity index (χ3n) is 3.11. The predicted molar refractivity (Wildman–Crippen MR) is 71.5 cm³/mol. The van der Waals surface area contributed by atoms with Crippen molar-refractivity contribution in [3.8, 4) is 0 Å². The lowest BCUT2D eigenvalue weighted by Gasteiger charge is -2.33. The summed E-state index contributed by atoms with van der Waals surface area (Å²) >= 11 is 0. The summed E-state index contributed by atoms with van der Waals surface area (Å²) in [5, 5.41) is 0. The molecule has 0 unspecified atom stereocenters. The minimum absolute atomic E-state index is 0.00906. The Bertz CT molecular complexity index is 410. The summed E-state index contributed by atoms with van der Waals surface area (Å²) in [7, 11) is -0.561. The van der Waals surface area contributed by atoms with E-state index in [0.29, 0.717) is 18.7 Å². The van der Waals surface area contributed by atoms with Crippen LogP contribution in [0.4, 0.5) is 4.39 Å². The molecule has 0 aliphatic carbocycles. The highest BCUT2D eigenvalue weighted by Crippen LogP contribution is 2.21. The Morgan fingerprint density at radius 3 is 2.50 bits per heavy atom. The van der Waals surface area contributed by atoms with Gasteiger partial charge in [-0.15, -0.1) is 0 Å². The average Bonchev–Trinajstić information content (AvgIpc) is 2.31. The highest BCUT2D eigenvalue weighted by Gasteiger charge is 2.34. The van der Waals surface area contributed by atoms with Crippen LogP contribution in [0.15, 0.2) is 18.2 Å². The van der Waals surface area contributed by atoms with Crippen molar-refractivity contribution in [1.29, 1.82) is 0 Å². The van der Waals surface area contributed by atoms with Gasteiger partial charge in [0.2, 0.25) is 0 Å². The second-order valence-electron chi connectivity index (χ2n) is 5.72. The van der Waals surface area contributed by atoms with Gasteiger partial charge in [0, 0.05) is 24.1 Å². The van der Waals surface area contributed by atoms with Gasteiger partial charge in [-0.25, -0.2) is 4.39 Å². The Kier molecular flexibility index (Phi) is 4.08. The number of halogens is 1. The van der Waals surface area contributed by atoms with Crippen molar-refractivity contribution in [2.45, 2.75) is 33.6 Å². The molecule has 0 bridgehead atoms. The fourth-order valence-electron chi connectivity index (χ4n) is 2.08. The van der Waals surface area contributed by atoms with Gasteiger partial charge in [0.1, 0.15) is 5.82 Å². The molecule has 1 aliphatic rings. The van der Waals surface area contributed by atoms with Crippen LogP contribution in [0, 0.1) is 11.2 Å². The second kappa shape index (κ2) is 5.41. The van der Waals surface area contributed by atoms with Crippen molar-refractivity contribution in [1.82, 2.24) is 0 Å². The third-order valence-corrected chi connectivity index (χ3v) is 3.11. The fourth-order valence-corrected chi connectivity index (χ4v) is 2.08. The molecule has 18 heavy (non-hydrogen) atoms. The van der Waals surface area contributed by atoms with E-state index in [1.54, 1.807) is 12.1 Å². The number of benzene rings is 1. The molecule has 2 nitrogen and oxygen atoms in total. The standard InChI is InChI=1S/C14H20BFO2/c1-4-5-11-6-7-12(13(16)8-11)15-17-9-14(2,3)10-18-15/h6-8H,4-5,9-10H2,1-3H3. The molecule has 1 saturated heterocycles. The molecule has 0 saturated carbocycles. The summed E-state index contributed by atoms with van der Waals surface area (Å²) < 4.78 is 25.2. The SMILES string of the molecule is CCCc1ccc(B2OCC(C)(C)CO2)c(F)c1. The molecule has 0 atom stereocenters. The van der Waals surface area contributed by atoms with Gasteiger partial charge in [0.05, 0.1) is 0 Å². The first-order chi connectivity index (χ1) is 8.52. The van der Waals surface area contributed by atoms with Crippen LogP contribution in [0.3, 0.4) is 0 Å². The molecule has 0 N–H and O–H groups in total. The van der Waals surface area contributed by atoms with Gasteiger partial charge in [0.25, 0.3) is 0 Å². The molecule has 1 fully saturated rings. The van der Waals surface area contributed by atoms with Gasteiger partial charge in [-0.05, 0) is 18.1 Å². The van der Waals surface area contributed by atoms with Gasteiger partial charge in [-0.1, -0.05) is 39.3 Å². The first-order valence-corrected chi connectivity index (χ1v) is 6.53. The summed E-state index contributed by atoms with van der Waals surface area (Å²) in [6, 6.07) is 5.32. The van der Waals surface area contributed by atoms with Crippen LogP contribution in [0.5, 0.6) is 0 Å². The monoisotopic (exact) mass is 250 g/mol. The molecule has 4 heteroatoms. The lowest BCUT2D eigenvalue weighted by Crippen LogP contribution is -2.48. The summed E-state index contributed by atoms with van der Waals surface area (Å²) in [6.45, 7) is 7.41. The van der Waals surface area contributed by atoms with Gasteiger partial charge in [-0.2, -0.15) is 0 Å². The van der Waals surface area contributed by atoms with E-state index in [0.717, 1.165) is 18.4 Å². The first-order valence-electron chi connectivity index (χ1n) is 6.53. The van der Waals surface area contributed by atoms with E-state index in [2.05, 4.69) is 20.8 Å². The Hall–Kier alpha value is -0.865. The van der Waals surface area contributed by atoms with Crippen LogP contribution < -0.4 is 5.46 Å². The van der Waals surface area contributed by atoms with Crippen LogP contribution >= 0.6 is 0 Å². The van der Waals surface area contributed by atoms with Crippen molar-refractivity contribution < 1.29 is 13.7 Å². The molecule has 0 aromatic heterocycles. The zero-order valence-corrected chi connectivity index (χ0v) is 11.3. The maximum atomic E-state index is 14.0. The van der Waals surface area contributed by atoms with Crippen LogP contribution in [0.25, 0.3) is 0 Å². The van der Waals surface area contributed by atoms with Crippen molar-refractivity contribution in [2.75, 3.05) is 13.2 Å². The van der Waals surface area contributed by atoms with E-state index in [1.165, 1.54) is 0 Å². The van der Waals surface area contributed by atoms with Crippen molar-refractivity contribution in [3.05, 3.63) is 29.6 Å². The molecular weight excluding hydrogens is 230 g/mol. The van der Waals surface area contributed by atoms with E-state index in [4.69, 9.17) is 9.31 Å². The van der Waals surface area contributed by atoms with Crippen LogP contribution in [-0.2, 0) is 15.7 Å². The van der Waals surface area contributed by atoms with Crippen molar-refractivity contribution in [3.63, 3.8) is 0 Å². The molecule has 1 aromatic rings. The lowest BCUT2D eigenvalue weighted by atomic mass is 9.75. The quantitative estimate of drug-likeness (QED) is 0.767. The largest absolute Gasteiger partial charge is 0.496 e. The third kappa shape index (κ3) is 3.12. The number of hydrogen-bond donors (Lipinski definition) is 0. The zero-order chi connectivity index (χ0) is 13.2. The highest BCUT2D eigenvalue weighted by atomic mass is 19.1. The summed E-state index contributed by atoms with van der Waals surface area (Å²) in [4.78, 5) is 0. The molecule has 0 amide bonds. The van der Waals surface area contributed by atoms with Gasteiger partial charge in [-0.3, -0.25) is 0 Å². The normalized spacial score (nSPS) is 19.0. The lowest BCUT2D eigenvalue weighted by molar-refractivity contribution is 0.0340. The zero-order valence-electron chi connectivity index (χ0n) is 11.3. The highest BCUT2D eigenvalue weighted by molar-refractivity contribution is 6.61. The summed E-state index contributed by atoms with van der Waals surface area (Å²) in [6.07, 6.45) is 1.92. The Morgan fingerprint density at radius 2 is 1.94 bits per heavy atom. The molecule has 1 heterocycles. The molecule has 1 aromatic carbocycles. The van der Waals surface area contributed by atoms with Crippen LogP contribution in [-0.4, -0.2) is 20.3 Å². The summed E-state index contributed by atoms with van der Waals surface area (Å²) in [5.41, 5.74) is 1.54. The van der Waals surface area contributed by atoms with Crippen molar-refractivity contribution in [2.24, 2.45) is 5.41 Å². The fraction of sp³-hybridized carbons (Fsp3) is 0.571. The van der Waals surface area contributed by atoms with Gasteiger partial charge >= 0.3 is 7.12 Å². The van der Waals surface area contributed by atoms with Gasteiger partial charge in [0.15, 0.2) is 0 Å². The first kappa shape index (κ1) is 13.6. The van der Waals surface area contributed by atoms with Crippen LogP contribution in [0.2, 0.25) is 0 Å². The minimum Gasteiger partial charge on any atom is -0.407 e. The minimum atomic E-state index is -0.561. The topological polar surface area (TPSA) is 18.5 Å². The van der Waals surface area contributed by atoms with Crippen molar-refractivity contribution >= 4 is 12.6 Å². The number of aryl methyl sites for hydroxylation is 1. The van der Waals surface area contributed by atoms with E-state index >= 15 is 0 Å². The van der Waals surface area contributed by atoms with Crippen LogP contribution in [0.1, 0.15) is 32.8 Å². The summed E-state index contributed by atoms with van der Waals surface area (Å²) in [5.74, 6) is -0.231. The molecule has 1 aliphatic heterocycles. The van der Waals surface area contributed by atoms with E-state index in [9.17, 15) is 4.39 Å². The number of hydrogen-bond acceptors (Lipinski definition) is 2. The molecule has 98 valence electrons. The van der Waals surface area contributed by atoms with E-state index in [1.807, 2.05) is 6.07 Å². The predicted octanol–water partition coefficient (Wildman–Crippen LogP) is 2.55.